The molecule has 0 bridgehead atoms. The predicted molar refractivity (Wildman–Crippen MR) is 66.2 cm³/mol. The van der Waals surface area contributed by atoms with Crippen molar-refractivity contribution in [2.75, 3.05) is 0 Å². The number of aliphatic hydroxyl groups excluding tert-OH is 1. The van der Waals surface area contributed by atoms with Gasteiger partial charge in [-0.1, -0.05) is 35.9 Å². The monoisotopic (exact) mass is 248 g/mol. The minimum Gasteiger partial charge on any atom is -0.388 e. The van der Waals surface area contributed by atoms with Crippen molar-refractivity contribution >= 4 is 0 Å². The summed E-state index contributed by atoms with van der Waals surface area (Å²) < 4.78 is 26.2. The van der Waals surface area contributed by atoms with Gasteiger partial charge in [-0.25, -0.2) is 8.78 Å². The molecule has 0 amide bonds. The smallest absolute Gasteiger partial charge is 0.131 e. The Hall–Kier alpha value is -1.74. The van der Waals surface area contributed by atoms with E-state index in [1.54, 1.807) is 0 Å². The molecule has 1 atom stereocenters. The van der Waals surface area contributed by atoms with Crippen molar-refractivity contribution in [1.82, 2.24) is 0 Å². The highest BCUT2D eigenvalue weighted by Crippen LogP contribution is 2.22. The van der Waals surface area contributed by atoms with Gasteiger partial charge in [-0.2, -0.15) is 0 Å². The molecule has 94 valence electrons. The van der Waals surface area contributed by atoms with Crippen molar-refractivity contribution in [1.29, 1.82) is 0 Å². The minimum atomic E-state index is -0.965. The van der Waals surface area contributed by atoms with E-state index in [2.05, 4.69) is 0 Å². The molecule has 0 aromatic heterocycles. The standard InChI is InChI=1S/C15H14F2O/c1-10-2-4-11(5-3-10)8-15(18)13-7-6-12(16)9-14(13)17/h2-7,9,15,18H,8H2,1H3. The van der Waals surface area contributed by atoms with Crippen LogP contribution in [0, 0.1) is 18.6 Å². The quantitative estimate of drug-likeness (QED) is 0.880. The first-order valence-electron chi connectivity index (χ1n) is 5.75. The van der Waals surface area contributed by atoms with Gasteiger partial charge in [0, 0.05) is 18.1 Å². The summed E-state index contributed by atoms with van der Waals surface area (Å²) in [5, 5.41) is 9.95. The first-order valence-corrected chi connectivity index (χ1v) is 5.75. The Morgan fingerprint density at radius 2 is 1.72 bits per heavy atom. The first-order chi connectivity index (χ1) is 8.56. The van der Waals surface area contributed by atoms with Crippen molar-refractivity contribution in [2.45, 2.75) is 19.4 Å². The van der Waals surface area contributed by atoms with Crippen LogP contribution in [0.1, 0.15) is 22.8 Å². The van der Waals surface area contributed by atoms with Crippen molar-refractivity contribution in [3.05, 3.63) is 70.8 Å². The minimum absolute atomic E-state index is 0.122. The molecule has 0 saturated heterocycles. The van der Waals surface area contributed by atoms with Gasteiger partial charge in [0.2, 0.25) is 0 Å². The molecule has 0 spiro atoms. The summed E-state index contributed by atoms with van der Waals surface area (Å²) >= 11 is 0. The Kier molecular flexibility index (Phi) is 3.72. The molecule has 3 heteroatoms. The second kappa shape index (κ2) is 5.27. The number of aliphatic hydroxyl groups is 1. The van der Waals surface area contributed by atoms with Gasteiger partial charge in [0.05, 0.1) is 6.10 Å². The molecule has 0 saturated carbocycles. The van der Waals surface area contributed by atoms with E-state index in [4.69, 9.17) is 0 Å². The molecule has 2 rings (SSSR count). The highest BCUT2D eigenvalue weighted by molar-refractivity contribution is 5.26. The fourth-order valence-electron chi connectivity index (χ4n) is 1.83. The van der Waals surface area contributed by atoms with E-state index in [1.165, 1.54) is 6.07 Å². The second-order valence-corrected chi connectivity index (χ2v) is 4.37. The SMILES string of the molecule is Cc1ccc(CC(O)c2ccc(F)cc2F)cc1. The van der Waals surface area contributed by atoms with Crippen LogP contribution in [0.5, 0.6) is 0 Å². The van der Waals surface area contributed by atoms with E-state index in [-0.39, 0.29) is 5.56 Å². The van der Waals surface area contributed by atoms with Crippen molar-refractivity contribution < 1.29 is 13.9 Å². The van der Waals surface area contributed by atoms with Crippen LogP contribution < -0.4 is 0 Å². The van der Waals surface area contributed by atoms with E-state index >= 15 is 0 Å². The summed E-state index contributed by atoms with van der Waals surface area (Å²) in [7, 11) is 0. The summed E-state index contributed by atoms with van der Waals surface area (Å²) in [6.45, 7) is 1.97. The molecular weight excluding hydrogens is 234 g/mol. The van der Waals surface area contributed by atoms with Gasteiger partial charge in [-0.15, -0.1) is 0 Å². The number of halogens is 2. The van der Waals surface area contributed by atoms with Crippen molar-refractivity contribution in [3.63, 3.8) is 0 Å². The molecule has 0 radical (unpaired) electrons. The molecule has 0 fully saturated rings. The van der Waals surface area contributed by atoms with Gasteiger partial charge >= 0.3 is 0 Å². The van der Waals surface area contributed by atoms with Gasteiger partial charge in [-0.3, -0.25) is 0 Å². The third kappa shape index (κ3) is 2.93. The molecular formula is C15H14F2O. The van der Waals surface area contributed by atoms with Crippen LogP contribution in [0.2, 0.25) is 0 Å². The Balaban J connectivity index is 2.16. The summed E-state index contributed by atoms with van der Waals surface area (Å²) in [5.74, 6) is -1.35. The average molecular weight is 248 g/mol. The van der Waals surface area contributed by atoms with E-state index in [1.807, 2.05) is 31.2 Å². The molecule has 1 unspecified atom stereocenters. The maximum absolute atomic E-state index is 13.5. The molecule has 1 nitrogen and oxygen atoms in total. The average Bonchev–Trinajstić information content (AvgIpc) is 2.32. The second-order valence-electron chi connectivity index (χ2n) is 4.37. The number of hydrogen-bond donors (Lipinski definition) is 1. The van der Waals surface area contributed by atoms with Gasteiger partial charge < -0.3 is 5.11 Å². The molecule has 0 aliphatic heterocycles. The van der Waals surface area contributed by atoms with E-state index in [0.717, 1.165) is 23.3 Å². The Morgan fingerprint density at radius 3 is 2.33 bits per heavy atom. The molecule has 2 aromatic rings. The third-order valence-corrected chi connectivity index (χ3v) is 2.87. The summed E-state index contributed by atoms with van der Waals surface area (Å²) in [6.07, 6.45) is -0.656. The highest BCUT2D eigenvalue weighted by atomic mass is 19.1. The number of benzene rings is 2. The van der Waals surface area contributed by atoms with E-state index < -0.39 is 17.7 Å². The molecule has 2 aromatic carbocycles. The van der Waals surface area contributed by atoms with Gasteiger partial charge in [0.15, 0.2) is 0 Å². The molecule has 0 aliphatic rings. The predicted octanol–water partition coefficient (Wildman–Crippen LogP) is 3.55. The zero-order chi connectivity index (χ0) is 13.1. The zero-order valence-electron chi connectivity index (χ0n) is 10.0. The van der Waals surface area contributed by atoms with Crippen LogP contribution >= 0.6 is 0 Å². The normalized spacial score (nSPS) is 12.4. The van der Waals surface area contributed by atoms with Gasteiger partial charge in [-0.05, 0) is 18.6 Å². The van der Waals surface area contributed by atoms with Crippen LogP contribution in [0.25, 0.3) is 0 Å². The largest absolute Gasteiger partial charge is 0.388 e. The van der Waals surface area contributed by atoms with Crippen LogP contribution in [0.3, 0.4) is 0 Å². The zero-order valence-corrected chi connectivity index (χ0v) is 10.0. The summed E-state index contributed by atoms with van der Waals surface area (Å²) in [6, 6.07) is 10.9. The Morgan fingerprint density at radius 1 is 1.06 bits per heavy atom. The molecule has 1 N–H and O–H groups in total. The van der Waals surface area contributed by atoms with Crippen LogP contribution in [0.4, 0.5) is 8.78 Å². The number of hydrogen-bond acceptors (Lipinski definition) is 1. The lowest BCUT2D eigenvalue weighted by molar-refractivity contribution is 0.173. The number of rotatable bonds is 3. The Bertz CT molecular complexity index is 535. The third-order valence-electron chi connectivity index (χ3n) is 2.87. The van der Waals surface area contributed by atoms with Crippen LogP contribution in [-0.4, -0.2) is 5.11 Å². The number of aryl methyl sites for hydroxylation is 1. The molecule has 18 heavy (non-hydrogen) atoms. The summed E-state index contributed by atoms with van der Waals surface area (Å²) in [5.41, 5.74) is 2.16. The van der Waals surface area contributed by atoms with Crippen molar-refractivity contribution in [3.8, 4) is 0 Å². The lowest BCUT2D eigenvalue weighted by atomic mass is 10.0. The highest BCUT2D eigenvalue weighted by Gasteiger charge is 2.13. The maximum Gasteiger partial charge on any atom is 0.131 e. The molecule has 0 aliphatic carbocycles. The fraction of sp³-hybridized carbons (Fsp3) is 0.200. The van der Waals surface area contributed by atoms with Gasteiger partial charge in [0.25, 0.3) is 0 Å². The fourth-order valence-corrected chi connectivity index (χ4v) is 1.83. The van der Waals surface area contributed by atoms with E-state index in [9.17, 15) is 13.9 Å². The maximum atomic E-state index is 13.5. The molecule has 0 heterocycles. The topological polar surface area (TPSA) is 20.2 Å². The Labute approximate surface area is 105 Å². The summed E-state index contributed by atoms with van der Waals surface area (Å²) in [4.78, 5) is 0. The van der Waals surface area contributed by atoms with Crippen molar-refractivity contribution in [2.24, 2.45) is 0 Å². The van der Waals surface area contributed by atoms with Gasteiger partial charge in [0.1, 0.15) is 11.6 Å². The van der Waals surface area contributed by atoms with Crippen LogP contribution in [0.15, 0.2) is 42.5 Å². The van der Waals surface area contributed by atoms with Crippen LogP contribution in [-0.2, 0) is 6.42 Å². The first kappa shape index (κ1) is 12.7. The lowest BCUT2D eigenvalue weighted by Crippen LogP contribution is -2.04. The lowest BCUT2D eigenvalue weighted by Gasteiger charge is -2.12. The van der Waals surface area contributed by atoms with E-state index in [0.29, 0.717) is 6.42 Å².